The number of ether oxygens (including phenoxy) is 1. The van der Waals surface area contributed by atoms with Crippen LogP contribution in [-0.4, -0.2) is 16.6 Å². The van der Waals surface area contributed by atoms with Crippen molar-refractivity contribution in [2.24, 2.45) is 0 Å². The predicted octanol–water partition coefficient (Wildman–Crippen LogP) is 1.36. The molecule has 0 saturated carbocycles. The monoisotopic (exact) mass is 214 g/mol. The summed E-state index contributed by atoms with van der Waals surface area (Å²) in [6.07, 6.45) is 3.41. The Bertz CT molecular complexity index is 371. The number of halogens is 1. The number of nitrogens with zero attached hydrogens (tertiary/aromatic N) is 1. The van der Waals surface area contributed by atoms with Crippen LogP contribution in [-0.2, 0) is 10.6 Å². The molecule has 0 aliphatic carbocycles. The first-order valence-corrected chi connectivity index (χ1v) is 5.10. The fourth-order valence-electron chi connectivity index (χ4n) is 1.49. The molecule has 5 heteroatoms. The van der Waals surface area contributed by atoms with E-state index in [1.807, 2.05) is 0 Å². The van der Waals surface area contributed by atoms with Crippen molar-refractivity contribution in [1.29, 1.82) is 0 Å². The van der Waals surface area contributed by atoms with E-state index in [0.29, 0.717) is 11.4 Å². The van der Waals surface area contributed by atoms with E-state index in [4.69, 9.17) is 16.3 Å². The van der Waals surface area contributed by atoms with E-state index in [0.717, 1.165) is 19.4 Å². The van der Waals surface area contributed by atoms with Gasteiger partial charge in [-0.2, -0.15) is 0 Å². The quantitative estimate of drug-likeness (QED) is 0.757. The minimum absolute atomic E-state index is 0.0490. The molecule has 0 radical (unpaired) electrons. The number of nitrogens with one attached hydrogen (secondary N) is 1. The Hall–Kier alpha value is -0.870. The number of H-pyrrole nitrogens is 1. The highest BCUT2D eigenvalue weighted by molar-refractivity contribution is 6.16. The second kappa shape index (κ2) is 4.11. The van der Waals surface area contributed by atoms with E-state index in [1.165, 1.54) is 6.20 Å². The Morgan fingerprint density at radius 3 is 3.14 bits per heavy atom. The first kappa shape index (κ1) is 9.68. The van der Waals surface area contributed by atoms with E-state index in [9.17, 15) is 4.79 Å². The zero-order valence-corrected chi connectivity index (χ0v) is 8.38. The highest BCUT2D eigenvalue weighted by Gasteiger charge is 2.20. The van der Waals surface area contributed by atoms with Crippen molar-refractivity contribution < 1.29 is 4.74 Å². The average Bonchev–Trinajstić information content (AvgIpc) is 2.70. The standard InChI is InChI=1S/C9H11ClN2O2/c10-4-6-5-11-8(12-9(6)13)7-2-1-3-14-7/h5,7H,1-4H2,(H,11,12,13). The maximum atomic E-state index is 11.4. The summed E-state index contributed by atoms with van der Waals surface area (Å²) in [5.74, 6) is 0.801. The van der Waals surface area contributed by atoms with Crippen molar-refractivity contribution in [3.63, 3.8) is 0 Å². The minimum Gasteiger partial charge on any atom is -0.370 e. The highest BCUT2D eigenvalue weighted by atomic mass is 35.5. The van der Waals surface area contributed by atoms with Crippen LogP contribution >= 0.6 is 11.6 Å². The third kappa shape index (κ3) is 1.81. The summed E-state index contributed by atoms with van der Waals surface area (Å²) < 4.78 is 5.40. The van der Waals surface area contributed by atoms with Crippen molar-refractivity contribution in [2.45, 2.75) is 24.8 Å². The van der Waals surface area contributed by atoms with Crippen molar-refractivity contribution in [2.75, 3.05) is 6.61 Å². The summed E-state index contributed by atoms with van der Waals surface area (Å²) in [7, 11) is 0. The van der Waals surface area contributed by atoms with Crippen LogP contribution in [0.15, 0.2) is 11.0 Å². The molecule has 1 aromatic rings. The molecule has 4 nitrogen and oxygen atoms in total. The largest absolute Gasteiger partial charge is 0.370 e. The van der Waals surface area contributed by atoms with Gasteiger partial charge in [0.25, 0.3) is 5.56 Å². The third-order valence-corrected chi connectivity index (χ3v) is 2.56. The fourth-order valence-corrected chi connectivity index (χ4v) is 1.68. The van der Waals surface area contributed by atoms with Crippen LogP contribution in [0.4, 0.5) is 0 Å². The maximum Gasteiger partial charge on any atom is 0.255 e. The van der Waals surface area contributed by atoms with Crippen LogP contribution in [0.5, 0.6) is 0 Å². The molecule has 0 aromatic carbocycles. The van der Waals surface area contributed by atoms with Crippen LogP contribution in [0.1, 0.15) is 30.3 Å². The van der Waals surface area contributed by atoms with Gasteiger partial charge in [0.1, 0.15) is 11.9 Å². The van der Waals surface area contributed by atoms with Gasteiger partial charge in [-0.15, -0.1) is 11.6 Å². The summed E-state index contributed by atoms with van der Waals surface area (Å²) in [5, 5.41) is 0. The summed E-state index contributed by atoms with van der Waals surface area (Å²) in [5.41, 5.74) is 0.328. The molecular formula is C9H11ClN2O2. The molecule has 1 aliphatic rings. The normalized spacial score (nSPS) is 21.4. The molecule has 14 heavy (non-hydrogen) atoms. The molecule has 2 heterocycles. The first-order chi connectivity index (χ1) is 6.81. The molecular weight excluding hydrogens is 204 g/mol. The highest BCUT2D eigenvalue weighted by Crippen LogP contribution is 2.24. The van der Waals surface area contributed by atoms with Crippen molar-refractivity contribution in [3.05, 3.63) is 27.9 Å². The van der Waals surface area contributed by atoms with Gasteiger partial charge in [-0.25, -0.2) is 4.98 Å². The summed E-state index contributed by atoms with van der Waals surface area (Å²) in [6.45, 7) is 0.742. The van der Waals surface area contributed by atoms with Crippen LogP contribution in [0, 0.1) is 0 Å². The summed E-state index contributed by atoms with van der Waals surface area (Å²) >= 11 is 5.55. The lowest BCUT2D eigenvalue weighted by Crippen LogP contribution is -2.17. The van der Waals surface area contributed by atoms with Gasteiger partial charge in [-0.3, -0.25) is 4.79 Å². The molecule has 1 aromatic heterocycles. The number of hydrogen-bond donors (Lipinski definition) is 1. The third-order valence-electron chi connectivity index (χ3n) is 2.27. The molecule has 1 N–H and O–H groups in total. The molecule has 76 valence electrons. The van der Waals surface area contributed by atoms with Crippen LogP contribution in [0.3, 0.4) is 0 Å². The van der Waals surface area contributed by atoms with Gasteiger partial charge in [0.15, 0.2) is 0 Å². The number of aromatic amines is 1. The van der Waals surface area contributed by atoms with Crippen LogP contribution < -0.4 is 5.56 Å². The van der Waals surface area contributed by atoms with Gasteiger partial charge < -0.3 is 9.72 Å². The van der Waals surface area contributed by atoms with E-state index in [1.54, 1.807) is 0 Å². The molecule has 1 aliphatic heterocycles. The van der Waals surface area contributed by atoms with Gasteiger partial charge in [0.05, 0.1) is 11.4 Å². The fraction of sp³-hybridized carbons (Fsp3) is 0.556. The molecule has 1 saturated heterocycles. The Morgan fingerprint density at radius 2 is 2.57 bits per heavy atom. The van der Waals surface area contributed by atoms with E-state index >= 15 is 0 Å². The van der Waals surface area contributed by atoms with E-state index in [2.05, 4.69) is 9.97 Å². The number of alkyl halides is 1. The first-order valence-electron chi connectivity index (χ1n) is 4.57. The summed E-state index contributed by atoms with van der Waals surface area (Å²) in [4.78, 5) is 18.2. The van der Waals surface area contributed by atoms with Gasteiger partial charge in [-0.05, 0) is 12.8 Å². The van der Waals surface area contributed by atoms with Crippen molar-refractivity contribution >= 4 is 11.6 Å². The molecule has 1 unspecified atom stereocenters. The van der Waals surface area contributed by atoms with Gasteiger partial charge >= 0.3 is 0 Å². The van der Waals surface area contributed by atoms with Crippen LogP contribution in [0.25, 0.3) is 0 Å². The molecule has 1 fully saturated rings. The predicted molar refractivity (Wildman–Crippen MR) is 52.3 cm³/mol. The lowest BCUT2D eigenvalue weighted by atomic mass is 10.2. The number of hydrogen-bond acceptors (Lipinski definition) is 3. The average molecular weight is 215 g/mol. The maximum absolute atomic E-state index is 11.4. The second-order valence-electron chi connectivity index (χ2n) is 3.26. The van der Waals surface area contributed by atoms with Crippen molar-refractivity contribution in [1.82, 2.24) is 9.97 Å². The van der Waals surface area contributed by atoms with Crippen molar-refractivity contribution in [3.8, 4) is 0 Å². The Balaban J connectivity index is 2.27. The Morgan fingerprint density at radius 1 is 1.71 bits per heavy atom. The lowest BCUT2D eigenvalue weighted by Gasteiger charge is -2.07. The SMILES string of the molecule is O=c1[nH]c(C2CCCO2)ncc1CCl. The molecule has 2 rings (SSSR count). The van der Waals surface area contributed by atoms with Crippen LogP contribution in [0.2, 0.25) is 0 Å². The number of rotatable bonds is 2. The molecule has 0 spiro atoms. The van der Waals surface area contributed by atoms with Gasteiger partial charge in [0, 0.05) is 12.8 Å². The van der Waals surface area contributed by atoms with E-state index < -0.39 is 0 Å². The minimum atomic E-state index is -0.166. The zero-order valence-electron chi connectivity index (χ0n) is 7.62. The molecule has 0 bridgehead atoms. The summed E-state index contributed by atoms with van der Waals surface area (Å²) in [6, 6.07) is 0. The second-order valence-corrected chi connectivity index (χ2v) is 3.53. The van der Waals surface area contributed by atoms with E-state index in [-0.39, 0.29) is 17.5 Å². The zero-order chi connectivity index (χ0) is 9.97. The Kier molecular flexibility index (Phi) is 2.84. The van der Waals surface area contributed by atoms with Gasteiger partial charge in [0.2, 0.25) is 0 Å². The molecule has 0 amide bonds. The lowest BCUT2D eigenvalue weighted by molar-refractivity contribution is 0.105. The smallest absolute Gasteiger partial charge is 0.255 e. The molecule has 1 atom stereocenters. The van der Waals surface area contributed by atoms with Gasteiger partial charge in [-0.1, -0.05) is 0 Å². The Labute approximate surface area is 86.3 Å². The topological polar surface area (TPSA) is 55.0 Å². The number of aromatic nitrogens is 2.